The Morgan fingerprint density at radius 1 is 1.03 bits per heavy atom. The van der Waals surface area contributed by atoms with Gasteiger partial charge in [-0.15, -0.1) is 0 Å². The monoisotopic (exact) mass is 436 g/mol. The van der Waals surface area contributed by atoms with Crippen molar-refractivity contribution in [2.75, 3.05) is 39.4 Å². The van der Waals surface area contributed by atoms with E-state index in [1.54, 1.807) is 0 Å². The molecule has 1 saturated heterocycles. The van der Waals surface area contributed by atoms with Crippen LogP contribution >= 0.6 is 11.6 Å². The first kappa shape index (κ1) is 20.2. The smallest absolute Gasteiger partial charge is 0.273 e. The molecule has 0 spiro atoms. The predicted octanol–water partition coefficient (Wildman–Crippen LogP) is 4.00. The molecule has 1 atom stereocenters. The molecule has 2 aliphatic heterocycles. The highest BCUT2D eigenvalue weighted by Gasteiger charge is 2.41. The minimum Gasteiger partial charge on any atom is -0.379 e. The van der Waals surface area contributed by atoms with E-state index in [1.807, 2.05) is 59.5 Å². The summed E-state index contributed by atoms with van der Waals surface area (Å²) in [6, 6.07) is 17.6. The van der Waals surface area contributed by atoms with Crippen LogP contribution in [-0.2, 0) is 4.74 Å². The molecule has 7 heteroatoms. The van der Waals surface area contributed by atoms with Crippen molar-refractivity contribution in [1.82, 2.24) is 20.0 Å². The molecule has 1 amide bonds. The Kier molecular flexibility index (Phi) is 5.76. The number of hydrogen-bond acceptors (Lipinski definition) is 4. The van der Waals surface area contributed by atoms with Gasteiger partial charge in [-0.25, -0.2) is 0 Å². The molecule has 160 valence electrons. The minimum atomic E-state index is -0.182. The zero-order valence-corrected chi connectivity index (χ0v) is 18.0. The molecule has 0 radical (unpaired) electrons. The predicted molar refractivity (Wildman–Crippen MR) is 120 cm³/mol. The summed E-state index contributed by atoms with van der Waals surface area (Å²) in [6.07, 6.45) is 0.911. The third kappa shape index (κ3) is 3.99. The van der Waals surface area contributed by atoms with Gasteiger partial charge < -0.3 is 9.64 Å². The Balaban J connectivity index is 1.46. The van der Waals surface area contributed by atoms with Gasteiger partial charge in [0, 0.05) is 42.3 Å². The maximum Gasteiger partial charge on any atom is 0.273 e. The molecule has 1 N–H and O–H groups in total. The van der Waals surface area contributed by atoms with E-state index < -0.39 is 0 Å². The fourth-order valence-electron chi connectivity index (χ4n) is 4.52. The molecule has 0 aliphatic carbocycles. The number of carbonyl (C=O) groups is 1. The van der Waals surface area contributed by atoms with Crippen LogP contribution in [0.2, 0.25) is 5.02 Å². The van der Waals surface area contributed by atoms with Gasteiger partial charge >= 0.3 is 0 Å². The summed E-state index contributed by atoms with van der Waals surface area (Å²) in [6.45, 7) is 5.11. The van der Waals surface area contributed by atoms with Crippen molar-refractivity contribution in [1.29, 1.82) is 0 Å². The average Bonchev–Trinajstić information content (AvgIpc) is 3.35. The van der Waals surface area contributed by atoms with Crippen molar-refractivity contribution < 1.29 is 9.53 Å². The molecule has 1 fully saturated rings. The number of H-pyrrole nitrogens is 1. The Labute approximate surface area is 186 Å². The van der Waals surface area contributed by atoms with E-state index in [0.29, 0.717) is 17.3 Å². The maximum absolute atomic E-state index is 13.4. The summed E-state index contributed by atoms with van der Waals surface area (Å²) in [5, 5.41) is 8.22. The summed E-state index contributed by atoms with van der Waals surface area (Å²) in [7, 11) is 0. The second kappa shape index (κ2) is 8.83. The molecule has 2 aromatic carbocycles. The molecule has 3 heterocycles. The van der Waals surface area contributed by atoms with Crippen LogP contribution in [0.4, 0.5) is 0 Å². The Morgan fingerprint density at radius 3 is 2.52 bits per heavy atom. The summed E-state index contributed by atoms with van der Waals surface area (Å²) >= 11 is 6.14. The summed E-state index contributed by atoms with van der Waals surface area (Å²) in [4.78, 5) is 17.7. The molecule has 6 nitrogen and oxygen atoms in total. The Hall–Kier alpha value is -2.67. The largest absolute Gasteiger partial charge is 0.379 e. The lowest BCUT2D eigenvalue weighted by Gasteiger charge is -2.29. The molecule has 0 bridgehead atoms. The number of morpholine rings is 1. The zero-order chi connectivity index (χ0) is 21.2. The Bertz CT molecular complexity index is 1050. The highest BCUT2D eigenvalue weighted by Crippen LogP contribution is 2.42. The van der Waals surface area contributed by atoms with Gasteiger partial charge in [-0.3, -0.25) is 14.8 Å². The standard InChI is InChI=1S/C24H25ClN4O2/c25-19-9-7-18(8-10-19)23-20-21(17-5-2-1-3-6-17)26-27-22(20)24(30)29(23)12-4-11-28-13-15-31-16-14-28/h1-3,5-10,23H,4,11-16H2,(H,26,27). The molecule has 5 rings (SSSR count). The number of aromatic nitrogens is 2. The highest BCUT2D eigenvalue weighted by atomic mass is 35.5. The molecule has 31 heavy (non-hydrogen) atoms. The number of halogens is 1. The number of aromatic amines is 1. The van der Waals surface area contributed by atoms with Gasteiger partial charge in [-0.1, -0.05) is 54.1 Å². The maximum atomic E-state index is 13.4. The first-order valence-electron chi connectivity index (χ1n) is 10.7. The van der Waals surface area contributed by atoms with Crippen LogP contribution in [-0.4, -0.2) is 65.3 Å². The number of nitrogens with zero attached hydrogens (tertiary/aromatic N) is 3. The molecular formula is C24H25ClN4O2. The van der Waals surface area contributed by atoms with Crippen LogP contribution in [0.5, 0.6) is 0 Å². The van der Waals surface area contributed by atoms with Crippen LogP contribution in [0, 0.1) is 0 Å². The van der Waals surface area contributed by atoms with Gasteiger partial charge in [0.2, 0.25) is 0 Å². The second-order valence-corrected chi connectivity index (χ2v) is 8.42. The van der Waals surface area contributed by atoms with Crippen LogP contribution in [0.25, 0.3) is 11.3 Å². The minimum absolute atomic E-state index is 0.00612. The van der Waals surface area contributed by atoms with E-state index >= 15 is 0 Å². The van der Waals surface area contributed by atoms with Gasteiger partial charge in [-0.05, 0) is 24.1 Å². The number of amides is 1. The first-order valence-corrected chi connectivity index (χ1v) is 11.1. The number of carbonyl (C=O) groups excluding carboxylic acids is 1. The Morgan fingerprint density at radius 2 is 1.77 bits per heavy atom. The highest BCUT2D eigenvalue weighted by molar-refractivity contribution is 6.30. The topological polar surface area (TPSA) is 61.5 Å². The summed E-state index contributed by atoms with van der Waals surface area (Å²) in [5.74, 6) is 0.00612. The lowest BCUT2D eigenvalue weighted by Crippen LogP contribution is -2.38. The van der Waals surface area contributed by atoms with Gasteiger partial charge in [-0.2, -0.15) is 5.10 Å². The molecular weight excluding hydrogens is 412 g/mol. The number of hydrogen-bond donors (Lipinski definition) is 1. The fraction of sp³-hybridized carbons (Fsp3) is 0.333. The van der Waals surface area contributed by atoms with E-state index in [0.717, 1.165) is 61.7 Å². The van der Waals surface area contributed by atoms with E-state index in [2.05, 4.69) is 15.1 Å². The summed E-state index contributed by atoms with van der Waals surface area (Å²) < 4.78 is 5.44. The number of rotatable bonds is 6. The molecule has 3 aromatic rings. The van der Waals surface area contributed by atoms with Crippen molar-refractivity contribution >= 4 is 17.5 Å². The molecule has 0 saturated carbocycles. The molecule has 1 unspecified atom stereocenters. The lowest BCUT2D eigenvalue weighted by atomic mass is 9.96. The second-order valence-electron chi connectivity index (χ2n) is 7.99. The lowest BCUT2D eigenvalue weighted by molar-refractivity contribution is 0.0354. The quantitative estimate of drug-likeness (QED) is 0.634. The number of nitrogens with one attached hydrogen (secondary N) is 1. The van der Waals surface area contributed by atoms with Gasteiger partial charge in [0.05, 0.1) is 24.9 Å². The van der Waals surface area contributed by atoms with Crippen molar-refractivity contribution in [2.24, 2.45) is 0 Å². The van der Waals surface area contributed by atoms with E-state index in [1.165, 1.54) is 0 Å². The first-order chi connectivity index (χ1) is 15.2. The van der Waals surface area contributed by atoms with Crippen LogP contribution in [0.3, 0.4) is 0 Å². The van der Waals surface area contributed by atoms with E-state index in [-0.39, 0.29) is 11.9 Å². The van der Waals surface area contributed by atoms with Gasteiger partial charge in [0.15, 0.2) is 0 Å². The van der Waals surface area contributed by atoms with Crippen molar-refractivity contribution in [2.45, 2.75) is 12.5 Å². The van der Waals surface area contributed by atoms with Gasteiger partial charge in [0.1, 0.15) is 5.69 Å². The van der Waals surface area contributed by atoms with Crippen molar-refractivity contribution in [3.63, 3.8) is 0 Å². The van der Waals surface area contributed by atoms with E-state index in [9.17, 15) is 4.79 Å². The normalized spacial score (nSPS) is 19.1. The van der Waals surface area contributed by atoms with Gasteiger partial charge in [0.25, 0.3) is 5.91 Å². The van der Waals surface area contributed by atoms with Crippen molar-refractivity contribution in [3.8, 4) is 11.3 Å². The average molecular weight is 437 g/mol. The molecule has 2 aliphatic rings. The van der Waals surface area contributed by atoms with Crippen LogP contribution in [0.15, 0.2) is 54.6 Å². The molecule has 1 aromatic heterocycles. The zero-order valence-electron chi connectivity index (χ0n) is 17.3. The number of ether oxygens (including phenoxy) is 1. The van der Waals surface area contributed by atoms with E-state index in [4.69, 9.17) is 16.3 Å². The third-order valence-corrected chi connectivity index (χ3v) is 6.33. The van der Waals surface area contributed by atoms with Crippen LogP contribution < -0.4 is 0 Å². The summed E-state index contributed by atoms with van der Waals surface area (Å²) in [5.41, 5.74) is 4.41. The number of fused-ring (bicyclic) bond motifs is 1. The van der Waals surface area contributed by atoms with Crippen molar-refractivity contribution in [3.05, 3.63) is 76.4 Å². The number of benzene rings is 2. The third-order valence-electron chi connectivity index (χ3n) is 6.07. The SMILES string of the molecule is O=C1c2[nH]nc(-c3ccccc3)c2C(c2ccc(Cl)cc2)N1CCCN1CCOCC1. The fourth-order valence-corrected chi connectivity index (χ4v) is 4.65. The van der Waals surface area contributed by atoms with Crippen LogP contribution in [0.1, 0.15) is 34.1 Å².